The van der Waals surface area contributed by atoms with Gasteiger partial charge in [-0.05, 0) is 17.5 Å². The molecule has 0 saturated carbocycles. The van der Waals surface area contributed by atoms with E-state index in [9.17, 15) is 0 Å². The van der Waals surface area contributed by atoms with E-state index in [0.29, 0.717) is 6.61 Å². The van der Waals surface area contributed by atoms with Crippen molar-refractivity contribution in [3.8, 4) is 5.06 Å². The lowest BCUT2D eigenvalue weighted by molar-refractivity contribution is 0.205. The highest BCUT2D eigenvalue weighted by Crippen LogP contribution is 2.17. The topological polar surface area (TPSA) is 29.5 Å². The minimum atomic E-state index is 0.0812. The molecule has 1 N–H and O–H groups in total. The van der Waals surface area contributed by atoms with E-state index in [1.54, 1.807) is 0 Å². The molecule has 0 aliphatic rings. The second-order valence-corrected chi connectivity index (χ2v) is 2.41. The lowest BCUT2D eigenvalue weighted by atomic mass is 10.6. The van der Waals surface area contributed by atoms with E-state index >= 15 is 0 Å². The van der Waals surface area contributed by atoms with Gasteiger partial charge in [0.1, 0.15) is 6.61 Å². The van der Waals surface area contributed by atoms with E-state index in [4.69, 9.17) is 9.84 Å². The first-order valence-corrected chi connectivity index (χ1v) is 3.58. The van der Waals surface area contributed by atoms with Crippen molar-refractivity contribution in [1.82, 2.24) is 0 Å². The SMILES string of the molecule is OCCOc1cccs1. The summed E-state index contributed by atoms with van der Waals surface area (Å²) in [7, 11) is 0. The lowest BCUT2D eigenvalue weighted by Gasteiger charge is -1.96. The van der Waals surface area contributed by atoms with Crippen LogP contribution in [0.25, 0.3) is 0 Å². The molecule has 1 heterocycles. The van der Waals surface area contributed by atoms with Gasteiger partial charge in [0.15, 0.2) is 5.06 Å². The Morgan fingerprint density at radius 2 is 2.56 bits per heavy atom. The molecule has 0 aliphatic carbocycles. The molecule has 50 valence electrons. The lowest BCUT2D eigenvalue weighted by Crippen LogP contribution is -1.99. The maximum absolute atomic E-state index is 8.34. The standard InChI is InChI=1S/C6H8O2S/c7-3-4-8-6-2-1-5-9-6/h1-2,5,7H,3-4H2. The summed E-state index contributed by atoms with van der Waals surface area (Å²) in [5, 5.41) is 11.1. The molecule has 0 aromatic carbocycles. The van der Waals surface area contributed by atoms with Crippen molar-refractivity contribution in [3.63, 3.8) is 0 Å². The van der Waals surface area contributed by atoms with Crippen LogP contribution in [0.2, 0.25) is 0 Å². The first-order valence-electron chi connectivity index (χ1n) is 2.70. The first-order chi connectivity index (χ1) is 4.43. The highest BCUT2D eigenvalue weighted by molar-refractivity contribution is 7.11. The predicted molar refractivity (Wildman–Crippen MR) is 36.9 cm³/mol. The van der Waals surface area contributed by atoms with Gasteiger partial charge in [0, 0.05) is 0 Å². The fraction of sp³-hybridized carbons (Fsp3) is 0.333. The van der Waals surface area contributed by atoms with Crippen molar-refractivity contribution in [1.29, 1.82) is 0 Å². The van der Waals surface area contributed by atoms with Crippen LogP contribution in [0, 0.1) is 0 Å². The van der Waals surface area contributed by atoms with Gasteiger partial charge in [-0.1, -0.05) is 0 Å². The Morgan fingerprint density at radius 1 is 1.67 bits per heavy atom. The van der Waals surface area contributed by atoms with E-state index in [-0.39, 0.29) is 6.61 Å². The zero-order chi connectivity index (χ0) is 6.53. The molecule has 0 fully saturated rings. The number of aliphatic hydroxyl groups is 1. The van der Waals surface area contributed by atoms with Crippen LogP contribution in [0.5, 0.6) is 5.06 Å². The number of rotatable bonds is 3. The number of hydrogen-bond donors (Lipinski definition) is 1. The monoisotopic (exact) mass is 144 g/mol. The van der Waals surface area contributed by atoms with E-state index in [1.807, 2.05) is 17.5 Å². The van der Waals surface area contributed by atoms with Gasteiger partial charge >= 0.3 is 0 Å². The minimum Gasteiger partial charge on any atom is -0.482 e. The van der Waals surface area contributed by atoms with Crippen molar-refractivity contribution in [3.05, 3.63) is 17.5 Å². The molecule has 1 aromatic rings. The van der Waals surface area contributed by atoms with Gasteiger partial charge in [0.2, 0.25) is 0 Å². The Balaban J connectivity index is 2.30. The molecule has 0 unspecified atom stereocenters. The third-order valence-corrected chi connectivity index (χ3v) is 1.61. The van der Waals surface area contributed by atoms with Crippen LogP contribution < -0.4 is 4.74 Å². The molecule has 0 spiro atoms. The second-order valence-electron chi connectivity index (χ2n) is 1.50. The highest BCUT2D eigenvalue weighted by atomic mass is 32.1. The first kappa shape index (κ1) is 6.58. The summed E-state index contributed by atoms with van der Waals surface area (Å²) < 4.78 is 5.06. The average molecular weight is 144 g/mol. The minimum absolute atomic E-state index is 0.0812. The van der Waals surface area contributed by atoms with Crippen LogP contribution in [0.3, 0.4) is 0 Å². The summed E-state index contributed by atoms with van der Waals surface area (Å²) in [6.45, 7) is 0.471. The summed E-state index contributed by atoms with van der Waals surface area (Å²) in [5.74, 6) is 0. The number of aliphatic hydroxyl groups excluding tert-OH is 1. The molecule has 0 atom stereocenters. The van der Waals surface area contributed by atoms with Crippen LogP contribution >= 0.6 is 11.3 Å². The molecule has 2 nitrogen and oxygen atoms in total. The zero-order valence-corrected chi connectivity index (χ0v) is 5.73. The van der Waals surface area contributed by atoms with Gasteiger partial charge in [0.05, 0.1) is 6.61 Å². The van der Waals surface area contributed by atoms with Gasteiger partial charge in [-0.15, -0.1) is 11.3 Å². The Kier molecular flexibility index (Phi) is 2.54. The van der Waals surface area contributed by atoms with Crippen molar-refractivity contribution < 1.29 is 9.84 Å². The van der Waals surface area contributed by atoms with Crippen LogP contribution in [-0.4, -0.2) is 18.3 Å². The largest absolute Gasteiger partial charge is 0.482 e. The summed E-state index contributed by atoms with van der Waals surface area (Å²) in [6, 6.07) is 3.79. The van der Waals surface area contributed by atoms with Gasteiger partial charge in [-0.2, -0.15) is 0 Å². The normalized spacial score (nSPS) is 9.44. The van der Waals surface area contributed by atoms with Crippen molar-refractivity contribution >= 4 is 11.3 Å². The molecule has 0 aliphatic heterocycles. The third kappa shape index (κ3) is 2.03. The molecule has 9 heavy (non-hydrogen) atoms. The third-order valence-electron chi connectivity index (χ3n) is 0.831. The van der Waals surface area contributed by atoms with Crippen molar-refractivity contribution in [2.24, 2.45) is 0 Å². The van der Waals surface area contributed by atoms with E-state index in [0.717, 1.165) is 5.06 Å². The maximum Gasteiger partial charge on any atom is 0.173 e. The molecule has 0 saturated heterocycles. The van der Waals surface area contributed by atoms with Crippen LogP contribution in [0.1, 0.15) is 0 Å². The summed E-state index contributed by atoms with van der Waals surface area (Å²) in [5.41, 5.74) is 0. The average Bonchev–Trinajstić information content (AvgIpc) is 2.34. The van der Waals surface area contributed by atoms with Gasteiger partial charge in [-0.25, -0.2) is 0 Å². The molecule has 1 rings (SSSR count). The Labute approximate surface area is 57.7 Å². The Bertz CT molecular complexity index is 148. The second kappa shape index (κ2) is 3.48. The van der Waals surface area contributed by atoms with Crippen LogP contribution in [0.4, 0.5) is 0 Å². The van der Waals surface area contributed by atoms with Gasteiger partial charge in [0.25, 0.3) is 0 Å². The Morgan fingerprint density at radius 3 is 3.11 bits per heavy atom. The molecular formula is C6H8O2S. The predicted octanol–water partition coefficient (Wildman–Crippen LogP) is 1.12. The summed E-state index contributed by atoms with van der Waals surface area (Å²) in [4.78, 5) is 0. The number of hydrogen-bond acceptors (Lipinski definition) is 3. The zero-order valence-electron chi connectivity index (χ0n) is 4.91. The smallest absolute Gasteiger partial charge is 0.173 e. The molecule has 3 heteroatoms. The molecule has 0 amide bonds. The van der Waals surface area contributed by atoms with Gasteiger partial charge < -0.3 is 9.84 Å². The number of ether oxygens (including phenoxy) is 1. The molecule has 1 aromatic heterocycles. The number of thiophene rings is 1. The van der Waals surface area contributed by atoms with Crippen molar-refractivity contribution in [2.45, 2.75) is 0 Å². The van der Waals surface area contributed by atoms with Crippen LogP contribution in [-0.2, 0) is 0 Å². The van der Waals surface area contributed by atoms with Crippen molar-refractivity contribution in [2.75, 3.05) is 13.2 Å². The van der Waals surface area contributed by atoms with Gasteiger partial charge in [-0.3, -0.25) is 0 Å². The quantitative estimate of drug-likeness (QED) is 0.688. The van der Waals surface area contributed by atoms with E-state index in [1.165, 1.54) is 11.3 Å². The summed E-state index contributed by atoms with van der Waals surface area (Å²) in [6.07, 6.45) is 0. The fourth-order valence-electron chi connectivity index (χ4n) is 0.492. The molecule has 0 bridgehead atoms. The molecule has 0 radical (unpaired) electrons. The fourth-order valence-corrected chi connectivity index (χ4v) is 1.09. The van der Waals surface area contributed by atoms with E-state index < -0.39 is 0 Å². The van der Waals surface area contributed by atoms with E-state index in [2.05, 4.69) is 0 Å². The highest BCUT2D eigenvalue weighted by Gasteiger charge is 1.89. The maximum atomic E-state index is 8.34. The van der Waals surface area contributed by atoms with Crippen LogP contribution in [0.15, 0.2) is 17.5 Å². The molecular weight excluding hydrogens is 136 g/mol. The summed E-state index contributed by atoms with van der Waals surface area (Å²) >= 11 is 1.53. The Hall–Kier alpha value is -0.540.